The topological polar surface area (TPSA) is 114 Å². The van der Waals surface area contributed by atoms with Crippen molar-refractivity contribution >= 4 is 34.5 Å². The summed E-state index contributed by atoms with van der Waals surface area (Å²) in [5, 5.41) is 1.59. The van der Waals surface area contributed by atoms with Crippen molar-refractivity contribution in [1.82, 2.24) is 0 Å². The van der Waals surface area contributed by atoms with Crippen LogP contribution in [0.25, 0.3) is 10.8 Å². The Kier molecular flexibility index (Phi) is 14.5. The predicted molar refractivity (Wildman–Crippen MR) is 296 cm³/mol. The van der Waals surface area contributed by atoms with Gasteiger partial charge in [0.2, 0.25) is 0 Å². The first-order chi connectivity index (χ1) is 36.7. The number of Topliss-reactive ketones (excluding diaryl/α,β-unsaturated/α-hetero) is 1. The van der Waals surface area contributed by atoms with Gasteiger partial charge in [-0.1, -0.05) is 92.8 Å². The van der Waals surface area contributed by atoms with Crippen LogP contribution in [0.2, 0.25) is 0 Å². The molecule has 2 aliphatic carbocycles. The number of hydrogen-bond acceptors (Lipinski definition) is 9. The Morgan fingerprint density at radius 1 is 0.368 bits per heavy atom. The highest BCUT2D eigenvalue weighted by Crippen LogP contribution is 2.49. The third-order valence-corrected chi connectivity index (χ3v) is 15.8. The van der Waals surface area contributed by atoms with Crippen molar-refractivity contribution in [3.8, 4) is 34.5 Å². The van der Waals surface area contributed by atoms with E-state index >= 15 is 0 Å². The monoisotopic (exact) mass is 1010 g/mol. The van der Waals surface area contributed by atoms with E-state index < -0.39 is 17.9 Å². The van der Waals surface area contributed by atoms with Crippen LogP contribution in [0.5, 0.6) is 34.5 Å². The second-order valence-corrected chi connectivity index (χ2v) is 20.7. The summed E-state index contributed by atoms with van der Waals surface area (Å²) in [5.74, 6) is 2.10. The van der Waals surface area contributed by atoms with Crippen molar-refractivity contribution in [2.24, 2.45) is 0 Å². The van der Waals surface area contributed by atoms with E-state index in [1.54, 1.807) is 79.9 Å². The fraction of sp³-hybridized carbons (Fsp3) is 0.254. The zero-order valence-electron chi connectivity index (χ0n) is 44.0. The van der Waals surface area contributed by atoms with Crippen LogP contribution in [0, 0.1) is 27.7 Å². The number of hydrogen-bond donors (Lipinski definition) is 0. The Labute approximate surface area is 444 Å². The molecular formula is C67H62O9. The normalized spacial score (nSPS) is 14.7. The van der Waals surface area contributed by atoms with Crippen molar-refractivity contribution in [3.05, 3.63) is 224 Å². The van der Waals surface area contributed by atoms with E-state index in [0.29, 0.717) is 51.0 Å². The minimum atomic E-state index is -0.476. The van der Waals surface area contributed by atoms with Crippen molar-refractivity contribution in [3.63, 3.8) is 0 Å². The average molecular weight is 1010 g/mol. The van der Waals surface area contributed by atoms with Crippen LogP contribution in [0.3, 0.4) is 0 Å². The molecule has 2 aliphatic rings. The van der Waals surface area contributed by atoms with E-state index in [4.69, 9.17) is 23.7 Å². The average Bonchev–Trinajstić information content (AvgIpc) is 3.94. The molecule has 0 heterocycles. The standard InChI is InChI=1S/C67H62O9/c1-42-36-53(20-28-59(42)72-6)67(34-10-11-35-67)56-23-31-62(45(4)39-56)76-65(71)52-15-13-49-40-51(14-12-50(49)41-52)64(70)75-61-30-22-55(38-44(61)3)66(32-8-7-9-33-66)54-21-29-60(43(2)37-54)74-63(69)48-18-26-58(27-19-48)73-57-24-16-47(17-25-57)46(5)68/h12-31,36-41H,7-11,32-35H2,1-6H3. The van der Waals surface area contributed by atoms with Gasteiger partial charge in [-0.25, -0.2) is 14.4 Å². The lowest BCUT2D eigenvalue weighted by atomic mass is 9.65. The molecule has 0 saturated heterocycles. The molecule has 8 aromatic rings. The first kappa shape index (κ1) is 51.2. The number of esters is 3. The molecule has 0 spiro atoms. The lowest BCUT2D eigenvalue weighted by Gasteiger charge is -2.39. The molecule has 0 atom stereocenters. The molecule has 0 aromatic heterocycles. The summed E-state index contributed by atoms with van der Waals surface area (Å²) in [4.78, 5) is 52.3. The highest BCUT2D eigenvalue weighted by Gasteiger charge is 2.39. The van der Waals surface area contributed by atoms with Crippen LogP contribution < -0.4 is 23.7 Å². The molecule has 0 radical (unpaired) electrons. The number of benzene rings is 8. The Morgan fingerprint density at radius 3 is 1.05 bits per heavy atom. The first-order valence-corrected chi connectivity index (χ1v) is 26.3. The number of ketones is 1. The molecule has 2 fully saturated rings. The van der Waals surface area contributed by atoms with Gasteiger partial charge in [0.1, 0.15) is 34.5 Å². The van der Waals surface area contributed by atoms with Crippen molar-refractivity contribution in [1.29, 1.82) is 0 Å². The van der Waals surface area contributed by atoms with Gasteiger partial charge in [0, 0.05) is 16.4 Å². The number of carbonyl (C=O) groups is 4. The van der Waals surface area contributed by atoms with Crippen molar-refractivity contribution < 1.29 is 42.9 Å². The highest BCUT2D eigenvalue weighted by atomic mass is 16.5. The van der Waals surface area contributed by atoms with E-state index in [2.05, 4.69) is 61.5 Å². The quantitative estimate of drug-likeness (QED) is 0.0597. The Hall–Kier alpha value is -8.30. The van der Waals surface area contributed by atoms with Crippen LogP contribution in [0.1, 0.15) is 151 Å². The Morgan fingerprint density at radius 2 is 0.697 bits per heavy atom. The summed E-state index contributed by atoms with van der Waals surface area (Å²) in [6.45, 7) is 9.52. The number of aryl methyl sites for hydroxylation is 4. The van der Waals surface area contributed by atoms with Crippen LogP contribution >= 0.6 is 0 Å². The van der Waals surface area contributed by atoms with Crippen LogP contribution in [0.4, 0.5) is 0 Å². The SMILES string of the molecule is COc1ccc(C2(c3ccc(OC(=O)c4ccc5cc(C(=O)Oc6ccc(C7(c8ccc(OC(=O)c9ccc(Oc%10ccc(C(C)=O)cc%10)cc9)c(C)c8)CCCCC7)cc6C)ccc5c4)c(C)c3)CCCC2)cc1C. The van der Waals surface area contributed by atoms with Gasteiger partial charge >= 0.3 is 17.9 Å². The van der Waals surface area contributed by atoms with Gasteiger partial charge < -0.3 is 23.7 Å². The molecule has 0 amide bonds. The second-order valence-electron chi connectivity index (χ2n) is 20.7. The molecular weight excluding hydrogens is 949 g/mol. The number of carbonyl (C=O) groups excluding carboxylic acids is 4. The van der Waals surface area contributed by atoms with Gasteiger partial charge in [-0.15, -0.1) is 0 Å². The molecule has 8 aromatic carbocycles. The molecule has 76 heavy (non-hydrogen) atoms. The second kappa shape index (κ2) is 21.5. The Balaban J connectivity index is 0.787. The van der Waals surface area contributed by atoms with E-state index in [1.807, 2.05) is 51.1 Å². The van der Waals surface area contributed by atoms with E-state index in [-0.39, 0.29) is 16.6 Å². The van der Waals surface area contributed by atoms with E-state index in [1.165, 1.54) is 18.1 Å². The molecule has 9 nitrogen and oxygen atoms in total. The number of rotatable bonds is 14. The maximum absolute atomic E-state index is 13.7. The third-order valence-electron chi connectivity index (χ3n) is 15.8. The fourth-order valence-electron chi connectivity index (χ4n) is 11.5. The molecule has 384 valence electrons. The van der Waals surface area contributed by atoms with Crippen molar-refractivity contribution in [2.45, 2.75) is 103 Å². The summed E-state index contributed by atoms with van der Waals surface area (Å²) < 4.78 is 29.5. The molecule has 0 bridgehead atoms. The summed E-state index contributed by atoms with van der Waals surface area (Å²) >= 11 is 0. The highest BCUT2D eigenvalue weighted by molar-refractivity contribution is 6.00. The zero-order chi connectivity index (χ0) is 53.1. The zero-order valence-corrected chi connectivity index (χ0v) is 44.0. The smallest absolute Gasteiger partial charge is 0.343 e. The largest absolute Gasteiger partial charge is 0.496 e. The van der Waals surface area contributed by atoms with Gasteiger partial charge in [-0.05, 0) is 213 Å². The van der Waals surface area contributed by atoms with Gasteiger partial charge in [0.15, 0.2) is 5.78 Å². The van der Waals surface area contributed by atoms with Gasteiger partial charge in [-0.2, -0.15) is 0 Å². The molecule has 0 unspecified atom stereocenters. The third kappa shape index (κ3) is 10.4. The minimum Gasteiger partial charge on any atom is -0.496 e. The maximum Gasteiger partial charge on any atom is 0.343 e. The lowest BCUT2D eigenvalue weighted by molar-refractivity contribution is 0.0724. The molecule has 0 N–H and O–H groups in total. The lowest BCUT2D eigenvalue weighted by Crippen LogP contribution is -2.30. The molecule has 2 saturated carbocycles. The predicted octanol–water partition coefficient (Wildman–Crippen LogP) is 15.8. The fourth-order valence-corrected chi connectivity index (χ4v) is 11.5. The Bertz CT molecular complexity index is 3520. The first-order valence-electron chi connectivity index (χ1n) is 26.3. The van der Waals surface area contributed by atoms with Crippen LogP contribution in [0.15, 0.2) is 158 Å². The van der Waals surface area contributed by atoms with E-state index in [9.17, 15) is 19.2 Å². The van der Waals surface area contributed by atoms with Crippen LogP contribution in [-0.2, 0) is 10.8 Å². The summed E-state index contributed by atoms with van der Waals surface area (Å²) in [7, 11) is 1.70. The van der Waals surface area contributed by atoms with Crippen molar-refractivity contribution in [2.75, 3.05) is 7.11 Å². The minimum absolute atomic E-state index is 0.0168. The number of fused-ring (bicyclic) bond motifs is 1. The summed E-state index contributed by atoms with van der Waals surface area (Å²) in [6.07, 6.45) is 9.63. The maximum atomic E-state index is 13.7. The van der Waals surface area contributed by atoms with Crippen LogP contribution in [-0.4, -0.2) is 30.8 Å². The van der Waals surface area contributed by atoms with Gasteiger partial charge in [-0.3, -0.25) is 4.79 Å². The van der Waals surface area contributed by atoms with Gasteiger partial charge in [0.25, 0.3) is 0 Å². The summed E-state index contributed by atoms with van der Waals surface area (Å²) in [5.41, 5.74) is 9.96. The summed E-state index contributed by atoms with van der Waals surface area (Å²) in [6, 6.07) is 49.2. The van der Waals surface area contributed by atoms with Gasteiger partial charge in [0.05, 0.1) is 23.8 Å². The number of methoxy groups -OCH3 is 1. The molecule has 10 rings (SSSR count). The molecule has 0 aliphatic heterocycles. The molecule has 9 heteroatoms. The number of ether oxygens (including phenoxy) is 5. The van der Waals surface area contributed by atoms with E-state index in [0.717, 1.165) is 108 Å².